The predicted octanol–water partition coefficient (Wildman–Crippen LogP) is 0.0355. The lowest BCUT2D eigenvalue weighted by molar-refractivity contribution is -0.689. The van der Waals surface area contributed by atoms with Crippen LogP contribution in [0.5, 0.6) is 0 Å². The standard InChI is InChI=1S/C22H22N6O7S2/c1-22(2,20(33)34)35-26-13(12-10-37-21(23)24-12)16(29)25-14-17(30)28-15(19(31)32)11(9-36-18(14)28)8-27-6-4-3-5-7-27/h3-7,10,14,18H,8-9H2,1-2H3,(H4-,23,24,25,29,31,32,33,34)/p+1/t14-,18+/m1/s1. The first-order valence-electron chi connectivity index (χ1n) is 10.9. The van der Waals surface area contributed by atoms with E-state index in [1.807, 2.05) is 22.8 Å². The SMILES string of the molecule is CC(C)(ON=C(C(=O)N[C@@H]1C(=O)N2C(C(=O)O)=C(C[n+]3ccccc3)CS[C@@H]12)c1csc(N)n1)C(=O)O. The number of hydrogen-bond acceptors (Lipinski definition) is 10. The molecule has 194 valence electrons. The molecule has 0 bridgehead atoms. The van der Waals surface area contributed by atoms with Crippen LogP contribution in [0.2, 0.25) is 0 Å². The van der Waals surface area contributed by atoms with Crippen LogP contribution < -0.4 is 15.6 Å². The van der Waals surface area contributed by atoms with Gasteiger partial charge >= 0.3 is 11.9 Å². The van der Waals surface area contributed by atoms with Crippen LogP contribution in [0.4, 0.5) is 5.13 Å². The number of carbonyl (C=O) groups is 4. The largest absolute Gasteiger partial charge is 0.478 e. The number of carboxylic acids is 2. The topological polar surface area (TPSA) is 188 Å². The number of thiazole rings is 1. The van der Waals surface area contributed by atoms with E-state index in [1.54, 1.807) is 12.4 Å². The summed E-state index contributed by atoms with van der Waals surface area (Å²) in [5.41, 5.74) is 4.04. The second-order valence-corrected chi connectivity index (χ2v) is 10.6. The first-order chi connectivity index (χ1) is 17.5. The van der Waals surface area contributed by atoms with Gasteiger partial charge in [0.05, 0.1) is 0 Å². The number of fused-ring (bicyclic) bond motifs is 1. The molecule has 2 amide bonds. The summed E-state index contributed by atoms with van der Waals surface area (Å²) in [7, 11) is 0. The maximum absolute atomic E-state index is 13.1. The monoisotopic (exact) mass is 547 g/mol. The molecule has 5 N–H and O–H groups in total. The number of oxime groups is 1. The van der Waals surface area contributed by atoms with E-state index in [1.165, 1.54) is 35.9 Å². The fourth-order valence-corrected chi connectivity index (χ4v) is 5.46. The van der Waals surface area contributed by atoms with E-state index < -0.39 is 40.8 Å². The quantitative estimate of drug-likeness (QED) is 0.144. The molecule has 37 heavy (non-hydrogen) atoms. The number of carboxylic acid groups (broad SMARTS) is 2. The molecule has 2 aliphatic heterocycles. The average molecular weight is 548 g/mol. The van der Waals surface area contributed by atoms with Gasteiger partial charge in [0.15, 0.2) is 29.8 Å². The molecule has 4 heterocycles. The van der Waals surface area contributed by atoms with Gasteiger partial charge in [-0.2, -0.15) is 0 Å². The van der Waals surface area contributed by atoms with Crippen LogP contribution in [0.3, 0.4) is 0 Å². The van der Waals surface area contributed by atoms with Crippen molar-refractivity contribution in [2.75, 3.05) is 11.5 Å². The number of nitrogens with one attached hydrogen (secondary N) is 1. The molecule has 4 rings (SSSR count). The zero-order valence-electron chi connectivity index (χ0n) is 19.7. The second kappa shape index (κ2) is 10.2. The van der Waals surface area contributed by atoms with E-state index in [4.69, 9.17) is 10.6 Å². The molecule has 0 aromatic carbocycles. The van der Waals surface area contributed by atoms with Crippen LogP contribution in [0, 0.1) is 0 Å². The third-order valence-electron chi connectivity index (χ3n) is 5.55. The second-order valence-electron chi connectivity index (χ2n) is 8.58. The number of thioether (sulfide) groups is 1. The van der Waals surface area contributed by atoms with Crippen LogP contribution in [0.1, 0.15) is 19.5 Å². The summed E-state index contributed by atoms with van der Waals surface area (Å²) in [6.45, 7) is 2.80. The van der Waals surface area contributed by atoms with Gasteiger partial charge in [-0.25, -0.2) is 19.1 Å². The van der Waals surface area contributed by atoms with Gasteiger partial charge in [-0.15, -0.1) is 23.1 Å². The maximum Gasteiger partial charge on any atom is 0.352 e. The third kappa shape index (κ3) is 5.27. The zero-order chi connectivity index (χ0) is 26.9. The summed E-state index contributed by atoms with van der Waals surface area (Å²) < 4.78 is 1.81. The number of aliphatic carboxylic acids is 2. The number of nitrogens with zero attached hydrogens (tertiary/aromatic N) is 4. The van der Waals surface area contributed by atoms with Crippen LogP contribution >= 0.6 is 23.1 Å². The highest BCUT2D eigenvalue weighted by Gasteiger charge is 2.54. The van der Waals surface area contributed by atoms with Crippen LogP contribution in [-0.4, -0.2) is 72.3 Å². The third-order valence-corrected chi connectivity index (χ3v) is 7.56. The molecule has 0 unspecified atom stereocenters. The molecule has 0 spiro atoms. The van der Waals surface area contributed by atoms with E-state index in [-0.39, 0.29) is 22.2 Å². The number of aromatic nitrogens is 2. The van der Waals surface area contributed by atoms with E-state index in [2.05, 4.69) is 15.5 Å². The minimum Gasteiger partial charge on any atom is -0.478 e. The van der Waals surface area contributed by atoms with Crippen LogP contribution in [-0.2, 0) is 30.6 Å². The fraction of sp³-hybridized carbons (Fsp3) is 0.318. The number of nitrogens with two attached hydrogens (primary N) is 1. The van der Waals surface area contributed by atoms with E-state index in [9.17, 15) is 29.4 Å². The van der Waals surface area contributed by atoms with Crippen molar-refractivity contribution in [3.05, 3.63) is 52.9 Å². The van der Waals surface area contributed by atoms with Gasteiger partial charge in [0.1, 0.15) is 22.8 Å². The van der Waals surface area contributed by atoms with E-state index in [0.717, 1.165) is 11.3 Å². The van der Waals surface area contributed by atoms with Crippen molar-refractivity contribution in [2.24, 2.45) is 5.16 Å². The highest BCUT2D eigenvalue weighted by atomic mass is 32.2. The first kappa shape index (κ1) is 26.1. The van der Waals surface area contributed by atoms with Gasteiger partial charge in [-0.3, -0.25) is 14.5 Å². The van der Waals surface area contributed by atoms with Gasteiger partial charge in [0, 0.05) is 28.8 Å². The number of nitrogen functional groups attached to an aromatic ring is 1. The summed E-state index contributed by atoms with van der Waals surface area (Å²) >= 11 is 2.35. The molecular formula is C22H23N6O7S2+. The molecule has 15 heteroatoms. The lowest BCUT2D eigenvalue weighted by atomic mass is 10.0. The number of carbonyl (C=O) groups excluding carboxylic acids is 2. The summed E-state index contributed by atoms with van der Waals surface area (Å²) in [5, 5.41) is 26.3. The Kier molecular flexibility index (Phi) is 7.18. The number of pyridine rings is 1. The van der Waals surface area contributed by atoms with Crippen molar-refractivity contribution in [3.63, 3.8) is 0 Å². The number of hydrogen-bond donors (Lipinski definition) is 4. The van der Waals surface area contributed by atoms with Crippen molar-refractivity contribution in [1.29, 1.82) is 0 Å². The summed E-state index contributed by atoms with van der Waals surface area (Å²) in [6, 6.07) is 4.44. The Hall–Kier alpha value is -3.98. The summed E-state index contributed by atoms with van der Waals surface area (Å²) in [5.74, 6) is -3.66. The minimum absolute atomic E-state index is 0.0365. The first-order valence-corrected chi connectivity index (χ1v) is 12.8. The Balaban J connectivity index is 1.55. The molecule has 2 aromatic rings. The Morgan fingerprint density at radius 2 is 2.00 bits per heavy atom. The van der Waals surface area contributed by atoms with Gasteiger partial charge in [-0.1, -0.05) is 11.2 Å². The average Bonchev–Trinajstić information content (AvgIpc) is 3.28. The molecule has 0 aliphatic carbocycles. The van der Waals surface area contributed by atoms with E-state index >= 15 is 0 Å². The molecule has 1 saturated heterocycles. The Bertz CT molecular complexity index is 1320. The smallest absolute Gasteiger partial charge is 0.352 e. The lowest BCUT2D eigenvalue weighted by Crippen LogP contribution is -2.71. The van der Waals surface area contributed by atoms with Crippen LogP contribution in [0.15, 0.2) is 52.4 Å². The molecule has 2 aromatic heterocycles. The highest BCUT2D eigenvalue weighted by molar-refractivity contribution is 8.00. The highest BCUT2D eigenvalue weighted by Crippen LogP contribution is 2.40. The van der Waals surface area contributed by atoms with Crippen molar-refractivity contribution < 1.29 is 38.8 Å². The molecule has 1 fully saturated rings. The predicted molar refractivity (Wildman–Crippen MR) is 132 cm³/mol. The summed E-state index contributed by atoms with van der Waals surface area (Å²) in [4.78, 5) is 59.9. The molecular weight excluding hydrogens is 524 g/mol. The normalized spacial score (nSPS) is 19.7. The fourth-order valence-electron chi connectivity index (χ4n) is 3.57. The number of anilines is 1. The van der Waals surface area contributed by atoms with Crippen molar-refractivity contribution in [1.82, 2.24) is 15.2 Å². The van der Waals surface area contributed by atoms with Gasteiger partial charge in [0.25, 0.3) is 11.8 Å². The van der Waals surface area contributed by atoms with E-state index in [0.29, 0.717) is 17.9 Å². The zero-order valence-corrected chi connectivity index (χ0v) is 21.3. The van der Waals surface area contributed by atoms with Crippen molar-refractivity contribution >= 4 is 57.7 Å². The molecule has 0 saturated carbocycles. The van der Waals surface area contributed by atoms with Crippen molar-refractivity contribution in [2.45, 2.75) is 37.4 Å². The maximum atomic E-state index is 13.1. The summed E-state index contributed by atoms with van der Waals surface area (Å²) in [6.07, 6.45) is 3.59. The lowest BCUT2D eigenvalue weighted by Gasteiger charge is -2.49. The van der Waals surface area contributed by atoms with Gasteiger partial charge < -0.3 is 26.1 Å². The minimum atomic E-state index is -1.75. The molecule has 0 radical (unpaired) electrons. The Morgan fingerprint density at radius 3 is 2.59 bits per heavy atom. The Morgan fingerprint density at radius 1 is 1.30 bits per heavy atom. The number of β-lactam (4-membered cyclic amide) rings is 1. The van der Waals surface area contributed by atoms with Crippen molar-refractivity contribution in [3.8, 4) is 0 Å². The molecule has 2 atom stereocenters. The van der Waals surface area contributed by atoms with Crippen LogP contribution in [0.25, 0.3) is 0 Å². The molecule has 13 nitrogen and oxygen atoms in total. The van der Waals surface area contributed by atoms with Gasteiger partial charge in [-0.05, 0) is 13.8 Å². The van der Waals surface area contributed by atoms with Gasteiger partial charge in [0.2, 0.25) is 5.60 Å². The Labute approximate surface area is 218 Å². The number of amides is 2. The number of rotatable bonds is 9. The molecule has 2 aliphatic rings.